The van der Waals surface area contributed by atoms with Crippen LogP contribution in [0.25, 0.3) is 5.65 Å². The summed E-state index contributed by atoms with van der Waals surface area (Å²) in [4.78, 5) is 20.0. The van der Waals surface area contributed by atoms with Crippen molar-refractivity contribution in [2.45, 2.75) is 25.9 Å². The molecule has 9 heteroatoms. The molecule has 4 aromatic rings. The molecule has 0 radical (unpaired) electrons. The molecule has 0 fully saturated rings. The number of hydrogen-bond donors (Lipinski definition) is 0. The van der Waals surface area contributed by atoms with E-state index in [2.05, 4.69) is 37.7 Å². The molecule has 0 aliphatic carbocycles. The van der Waals surface area contributed by atoms with Crippen molar-refractivity contribution in [3.63, 3.8) is 0 Å². The highest BCUT2D eigenvalue weighted by Crippen LogP contribution is 2.29. The molecule has 0 saturated heterocycles. The lowest BCUT2D eigenvalue weighted by Gasteiger charge is -2.35. The van der Waals surface area contributed by atoms with Crippen molar-refractivity contribution in [2.24, 2.45) is 0 Å². The minimum atomic E-state index is -0.211. The summed E-state index contributed by atoms with van der Waals surface area (Å²) in [6, 6.07) is 15.2. The number of hydrogen-bond acceptors (Lipinski definition) is 6. The third-order valence-electron chi connectivity index (χ3n) is 5.01. The highest BCUT2D eigenvalue weighted by atomic mass is 16.2. The van der Waals surface area contributed by atoms with E-state index >= 15 is 0 Å². The number of amides is 1. The zero-order valence-corrected chi connectivity index (χ0v) is 15.3. The Morgan fingerprint density at radius 1 is 1.11 bits per heavy atom. The fraction of sp³-hybridized carbons (Fsp3) is 0.263. The molecule has 28 heavy (non-hydrogen) atoms. The molecule has 140 valence electrons. The summed E-state index contributed by atoms with van der Waals surface area (Å²) >= 11 is 0. The topological polar surface area (TPSA) is 94.1 Å². The minimum Gasteiger partial charge on any atom is -0.325 e. The fourth-order valence-electron chi connectivity index (χ4n) is 3.74. The summed E-state index contributed by atoms with van der Waals surface area (Å²) in [6.07, 6.45) is 0.663. The van der Waals surface area contributed by atoms with Crippen LogP contribution in [0.4, 0.5) is 0 Å². The van der Waals surface area contributed by atoms with Crippen molar-refractivity contribution in [2.75, 3.05) is 6.54 Å². The highest BCUT2D eigenvalue weighted by molar-refractivity contribution is 5.93. The molecule has 0 spiro atoms. The number of rotatable bonds is 3. The van der Waals surface area contributed by atoms with Gasteiger partial charge in [-0.15, -0.1) is 5.10 Å². The molecule has 0 unspecified atom stereocenters. The van der Waals surface area contributed by atoms with Gasteiger partial charge >= 0.3 is 0 Å². The molecule has 0 bridgehead atoms. The standard InChI is InChI=1S/C19H18N8O/c1-13-20-18-16(12-14-6-3-2-4-7-14)25(10-11-26(18)22-13)19(28)15-8-5-9-17-21-23-24-27(15)17/h2-9,16H,10-12H2,1H3/t16-/m0/s1. The number of aromatic nitrogens is 7. The van der Waals surface area contributed by atoms with Crippen molar-refractivity contribution in [1.29, 1.82) is 0 Å². The summed E-state index contributed by atoms with van der Waals surface area (Å²) in [5.74, 6) is 1.40. The average Bonchev–Trinajstić information content (AvgIpc) is 3.34. The number of nitrogens with zero attached hydrogens (tertiary/aromatic N) is 8. The summed E-state index contributed by atoms with van der Waals surface area (Å²) in [7, 11) is 0. The molecule has 1 aliphatic heterocycles. The largest absolute Gasteiger partial charge is 0.325 e. The van der Waals surface area contributed by atoms with E-state index in [1.807, 2.05) is 34.7 Å². The third-order valence-corrected chi connectivity index (χ3v) is 5.01. The minimum absolute atomic E-state index is 0.120. The van der Waals surface area contributed by atoms with Crippen LogP contribution < -0.4 is 0 Å². The average molecular weight is 374 g/mol. The van der Waals surface area contributed by atoms with Gasteiger partial charge < -0.3 is 4.90 Å². The van der Waals surface area contributed by atoms with Gasteiger partial charge in [0.15, 0.2) is 5.65 Å². The van der Waals surface area contributed by atoms with Gasteiger partial charge in [0.25, 0.3) is 5.91 Å². The zero-order chi connectivity index (χ0) is 19.1. The number of benzene rings is 1. The van der Waals surface area contributed by atoms with E-state index in [4.69, 9.17) is 0 Å². The molecule has 1 aliphatic rings. The molecular formula is C19H18N8O. The second-order valence-corrected chi connectivity index (χ2v) is 6.80. The quantitative estimate of drug-likeness (QED) is 0.539. The van der Waals surface area contributed by atoms with E-state index in [9.17, 15) is 4.79 Å². The zero-order valence-electron chi connectivity index (χ0n) is 15.3. The Morgan fingerprint density at radius 2 is 1.96 bits per heavy atom. The van der Waals surface area contributed by atoms with Crippen LogP contribution in [0.3, 0.4) is 0 Å². The maximum absolute atomic E-state index is 13.5. The first-order valence-electron chi connectivity index (χ1n) is 9.14. The maximum atomic E-state index is 13.5. The van der Waals surface area contributed by atoms with Crippen molar-refractivity contribution >= 4 is 11.6 Å². The van der Waals surface area contributed by atoms with Crippen LogP contribution in [0.5, 0.6) is 0 Å². The van der Waals surface area contributed by atoms with Gasteiger partial charge in [-0.25, -0.2) is 9.67 Å². The van der Waals surface area contributed by atoms with Crippen LogP contribution in [0.1, 0.15) is 33.7 Å². The van der Waals surface area contributed by atoms with Crippen LogP contribution in [0.2, 0.25) is 0 Å². The van der Waals surface area contributed by atoms with E-state index in [0.29, 0.717) is 36.7 Å². The van der Waals surface area contributed by atoms with Gasteiger partial charge in [-0.1, -0.05) is 36.4 Å². The van der Waals surface area contributed by atoms with Crippen LogP contribution in [-0.2, 0) is 13.0 Å². The first-order valence-corrected chi connectivity index (χ1v) is 9.14. The predicted molar refractivity (Wildman–Crippen MR) is 99.5 cm³/mol. The Hall–Kier alpha value is -3.62. The van der Waals surface area contributed by atoms with Gasteiger partial charge in [-0.05, 0) is 35.0 Å². The van der Waals surface area contributed by atoms with E-state index in [0.717, 1.165) is 11.4 Å². The Kier molecular flexibility index (Phi) is 3.85. The Morgan fingerprint density at radius 3 is 2.82 bits per heavy atom. The fourth-order valence-corrected chi connectivity index (χ4v) is 3.74. The number of carbonyl (C=O) groups is 1. The van der Waals surface area contributed by atoms with Gasteiger partial charge in [0, 0.05) is 13.0 Å². The SMILES string of the molecule is Cc1nc2n(n1)CCN(C(=O)c1cccc3nnnn13)[C@H]2Cc1ccccc1. The molecule has 0 N–H and O–H groups in total. The molecule has 0 saturated carbocycles. The monoisotopic (exact) mass is 374 g/mol. The van der Waals surface area contributed by atoms with Crippen molar-refractivity contribution in [3.05, 3.63) is 71.4 Å². The van der Waals surface area contributed by atoms with Crippen molar-refractivity contribution < 1.29 is 4.79 Å². The summed E-state index contributed by atoms with van der Waals surface area (Å²) < 4.78 is 3.39. The number of tetrazole rings is 1. The summed E-state index contributed by atoms with van der Waals surface area (Å²) in [5, 5.41) is 16.1. The predicted octanol–water partition coefficient (Wildman–Crippen LogP) is 1.46. The molecule has 9 nitrogen and oxygen atoms in total. The second kappa shape index (κ2) is 6.52. The third kappa shape index (κ3) is 2.72. The lowest BCUT2D eigenvalue weighted by atomic mass is 10.0. The molecule has 1 amide bonds. The van der Waals surface area contributed by atoms with Crippen LogP contribution in [0, 0.1) is 6.92 Å². The molecule has 5 rings (SSSR count). The molecule has 3 aromatic heterocycles. The van der Waals surface area contributed by atoms with E-state index in [1.54, 1.807) is 18.2 Å². The van der Waals surface area contributed by atoms with Gasteiger partial charge in [-0.3, -0.25) is 4.79 Å². The van der Waals surface area contributed by atoms with Gasteiger partial charge in [0.2, 0.25) is 0 Å². The maximum Gasteiger partial charge on any atom is 0.273 e. The van der Waals surface area contributed by atoms with Gasteiger partial charge in [-0.2, -0.15) is 9.61 Å². The molecule has 4 heterocycles. The Labute approximate surface area is 160 Å². The van der Waals surface area contributed by atoms with Crippen LogP contribution in [-0.4, -0.2) is 52.2 Å². The number of aryl methyl sites for hydroxylation is 1. The Balaban J connectivity index is 1.57. The second-order valence-electron chi connectivity index (χ2n) is 6.80. The number of pyridine rings is 1. The van der Waals surface area contributed by atoms with Gasteiger partial charge in [0.1, 0.15) is 17.3 Å². The van der Waals surface area contributed by atoms with Crippen molar-refractivity contribution in [1.82, 2.24) is 39.7 Å². The Bertz CT molecular complexity index is 1150. The summed E-state index contributed by atoms with van der Waals surface area (Å²) in [6.45, 7) is 3.03. The van der Waals surface area contributed by atoms with Crippen molar-refractivity contribution in [3.8, 4) is 0 Å². The molecular weight excluding hydrogens is 356 g/mol. The van der Waals surface area contributed by atoms with Gasteiger partial charge in [0.05, 0.1) is 12.6 Å². The van der Waals surface area contributed by atoms with Crippen LogP contribution >= 0.6 is 0 Å². The first kappa shape index (κ1) is 16.5. The lowest BCUT2D eigenvalue weighted by molar-refractivity contribution is 0.0599. The number of fused-ring (bicyclic) bond motifs is 2. The molecule has 1 aromatic carbocycles. The normalized spacial score (nSPS) is 16.3. The first-order chi connectivity index (χ1) is 13.7. The van der Waals surface area contributed by atoms with Crippen LogP contribution in [0.15, 0.2) is 48.5 Å². The lowest BCUT2D eigenvalue weighted by Crippen LogP contribution is -2.44. The van der Waals surface area contributed by atoms with E-state index < -0.39 is 0 Å². The van der Waals surface area contributed by atoms with E-state index in [1.165, 1.54) is 4.52 Å². The smallest absolute Gasteiger partial charge is 0.273 e. The molecule has 1 atom stereocenters. The summed E-state index contributed by atoms with van der Waals surface area (Å²) in [5.41, 5.74) is 2.12. The highest BCUT2D eigenvalue weighted by Gasteiger charge is 2.35. The van der Waals surface area contributed by atoms with E-state index in [-0.39, 0.29) is 11.9 Å². The number of carbonyl (C=O) groups excluding carboxylic acids is 1.